The van der Waals surface area contributed by atoms with Gasteiger partial charge in [-0.2, -0.15) is 5.10 Å². The second-order valence-corrected chi connectivity index (χ2v) is 7.47. The van der Waals surface area contributed by atoms with Crippen LogP contribution in [0.15, 0.2) is 59.4 Å². The van der Waals surface area contributed by atoms with Gasteiger partial charge in [0.15, 0.2) is 23.2 Å². The molecule has 0 saturated carbocycles. The van der Waals surface area contributed by atoms with Crippen LogP contribution in [-0.2, 0) is 11.3 Å². The van der Waals surface area contributed by atoms with Crippen molar-refractivity contribution in [2.24, 2.45) is 0 Å². The molecular weight excluding hydrogens is 460 g/mol. The second kappa shape index (κ2) is 8.93. The van der Waals surface area contributed by atoms with Gasteiger partial charge in [0, 0.05) is 11.6 Å². The number of benzene rings is 2. The van der Waals surface area contributed by atoms with E-state index in [1.807, 2.05) is 0 Å². The van der Waals surface area contributed by atoms with Crippen molar-refractivity contribution in [2.45, 2.75) is 6.54 Å². The van der Waals surface area contributed by atoms with Crippen molar-refractivity contribution in [3.8, 4) is 39.8 Å². The summed E-state index contributed by atoms with van der Waals surface area (Å²) >= 11 is 0. The molecule has 0 fully saturated rings. The monoisotopic (exact) mass is 477 g/mol. The Morgan fingerprint density at radius 1 is 1.03 bits per heavy atom. The summed E-state index contributed by atoms with van der Waals surface area (Å²) in [5.41, 5.74) is 2.07. The summed E-state index contributed by atoms with van der Waals surface area (Å²) in [4.78, 5) is 20.8. The predicted octanol–water partition coefficient (Wildman–Crippen LogP) is 4.22. The first kappa shape index (κ1) is 22.1. The molecule has 0 amide bonds. The largest absolute Gasteiger partial charge is 0.497 e. The van der Waals surface area contributed by atoms with Crippen molar-refractivity contribution in [2.75, 3.05) is 14.2 Å². The highest BCUT2D eigenvalue weighted by Crippen LogP contribution is 2.29. The van der Waals surface area contributed by atoms with E-state index in [4.69, 9.17) is 14.0 Å². The molecule has 0 aliphatic carbocycles. The number of ether oxygens (including phenoxy) is 2. The van der Waals surface area contributed by atoms with Gasteiger partial charge in [0.1, 0.15) is 29.4 Å². The van der Waals surface area contributed by atoms with Crippen molar-refractivity contribution in [1.29, 1.82) is 0 Å². The maximum atomic E-state index is 14.1. The van der Waals surface area contributed by atoms with E-state index in [0.717, 1.165) is 6.07 Å². The molecule has 0 unspecified atom stereocenters. The van der Waals surface area contributed by atoms with E-state index in [-0.39, 0.29) is 23.5 Å². The molecule has 0 atom stereocenters. The van der Waals surface area contributed by atoms with Crippen molar-refractivity contribution >= 4 is 5.97 Å². The number of methoxy groups -OCH3 is 2. The minimum Gasteiger partial charge on any atom is -0.497 e. The summed E-state index contributed by atoms with van der Waals surface area (Å²) in [7, 11) is 2.79. The van der Waals surface area contributed by atoms with Gasteiger partial charge in [-0.3, -0.25) is 4.68 Å². The lowest BCUT2D eigenvalue weighted by Crippen LogP contribution is -2.05. The summed E-state index contributed by atoms with van der Waals surface area (Å²) in [6, 6.07) is 10.5. The smallest absolute Gasteiger partial charge is 0.338 e. The van der Waals surface area contributed by atoms with Gasteiger partial charge in [-0.1, -0.05) is 11.2 Å². The number of halogens is 2. The fourth-order valence-electron chi connectivity index (χ4n) is 3.57. The summed E-state index contributed by atoms with van der Waals surface area (Å²) in [5.74, 6) is -1.50. The lowest BCUT2D eigenvalue weighted by Gasteiger charge is -2.07. The molecule has 0 spiro atoms. The molecule has 0 radical (unpaired) electrons. The van der Waals surface area contributed by atoms with Gasteiger partial charge >= 0.3 is 5.97 Å². The van der Waals surface area contributed by atoms with Crippen LogP contribution in [0.5, 0.6) is 5.75 Å². The zero-order valence-electron chi connectivity index (χ0n) is 18.5. The first-order valence-electron chi connectivity index (χ1n) is 10.3. The van der Waals surface area contributed by atoms with E-state index in [9.17, 15) is 13.6 Å². The SMILES string of the molecule is COC(=O)c1cc(OC)ccc1-c1cc(Cn2cc3nc(-c4cccc(F)c4F)nc-3cn2)on1. The fraction of sp³-hybridized carbons (Fsp3) is 0.125. The third-order valence-corrected chi connectivity index (χ3v) is 5.29. The molecule has 0 saturated heterocycles. The van der Waals surface area contributed by atoms with Crippen molar-refractivity contribution in [1.82, 2.24) is 24.9 Å². The number of hydrogen-bond acceptors (Lipinski definition) is 8. The van der Waals surface area contributed by atoms with Crippen LogP contribution in [0, 0.1) is 11.6 Å². The number of esters is 1. The molecule has 2 aliphatic rings. The van der Waals surface area contributed by atoms with Gasteiger partial charge in [-0.25, -0.2) is 23.5 Å². The summed E-state index contributed by atoms with van der Waals surface area (Å²) < 4.78 is 44.8. The number of hydrogen-bond donors (Lipinski definition) is 0. The van der Waals surface area contributed by atoms with E-state index in [1.54, 1.807) is 35.1 Å². The summed E-state index contributed by atoms with van der Waals surface area (Å²) in [6.45, 7) is 0.198. The average Bonchev–Trinajstić information content (AvgIpc) is 3.51. The summed E-state index contributed by atoms with van der Waals surface area (Å²) in [5, 5.41) is 8.35. The Morgan fingerprint density at radius 3 is 2.66 bits per heavy atom. The Kier molecular flexibility index (Phi) is 5.65. The Labute approximate surface area is 197 Å². The minimum atomic E-state index is -1.01. The Hall–Kier alpha value is -4.67. The average molecular weight is 477 g/mol. The number of imidazole rings is 1. The van der Waals surface area contributed by atoms with Crippen molar-refractivity contribution in [3.05, 3.63) is 77.8 Å². The third kappa shape index (κ3) is 4.19. The van der Waals surface area contributed by atoms with Crippen LogP contribution in [0.4, 0.5) is 8.78 Å². The highest BCUT2D eigenvalue weighted by Gasteiger charge is 2.20. The van der Waals surface area contributed by atoms with Gasteiger partial charge in [-0.05, 0) is 30.3 Å². The van der Waals surface area contributed by atoms with Gasteiger partial charge in [0.25, 0.3) is 0 Å². The summed E-state index contributed by atoms with van der Waals surface area (Å²) in [6.07, 6.45) is 3.08. The zero-order chi connectivity index (χ0) is 24.5. The number of nitrogens with zero attached hydrogens (tertiary/aromatic N) is 5. The first-order valence-corrected chi connectivity index (χ1v) is 10.3. The number of fused-ring (bicyclic) bond motifs is 1. The highest BCUT2D eigenvalue weighted by molar-refractivity contribution is 5.97. The molecule has 2 aliphatic heterocycles. The maximum Gasteiger partial charge on any atom is 0.338 e. The molecule has 176 valence electrons. The zero-order valence-corrected chi connectivity index (χ0v) is 18.5. The third-order valence-electron chi connectivity index (χ3n) is 5.29. The van der Waals surface area contributed by atoms with E-state index >= 15 is 0 Å². The van der Waals surface area contributed by atoms with Gasteiger partial charge in [-0.15, -0.1) is 0 Å². The number of carbonyl (C=O) groups excluding carboxylic acids is 1. The molecule has 3 heterocycles. The Bertz CT molecular complexity index is 1510. The van der Waals surface area contributed by atoms with E-state index < -0.39 is 17.6 Å². The maximum absolute atomic E-state index is 14.1. The van der Waals surface area contributed by atoms with E-state index in [0.29, 0.717) is 34.2 Å². The van der Waals surface area contributed by atoms with Gasteiger partial charge in [0.2, 0.25) is 0 Å². The number of rotatable bonds is 6. The number of aromatic nitrogens is 5. The standard InChI is InChI=1S/C24H17F2N5O4/c1-33-13-6-7-15(17(8-13)24(32)34-2)19-9-14(35-30-19)11-31-12-21-20(10-27-31)28-23(29-21)16-4-3-5-18(25)22(16)26/h3-10,12H,11H2,1-2H3. The molecule has 0 bridgehead atoms. The van der Waals surface area contributed by atoms with Crippen LogP contribution in [0.2, 0.25) is 0 Å². The quantitative estimate of drug-likeness (QED) is 0.335. The van der Waals surface area contributed by atoms with Crippen molar-refractivity contribution in [3.63, 3.8) is 0 Å². The molecule has 9 nitrogen and oxygen atoms in total. The lowest BCUT2D eigenvalue weighted by molar-refractivity contribution is 0.0601. The molecule has 5 rings (SSSR count). The highest BCUT2D eigenvalue weighted by atomic mass is 19.2. The molecule has 11 heteroatoms. The Balaban J connectivity index is 1.42. The second-order valence-electron chi connectivity index (χ2n) is 7.47. The molecule has 2 aromatic carbocycles. The molecular formula is C24H17F2N5O4. The van der Waals surface area contributed by atoms with Crippen LogP contribution < -0.4 is 4.74 Å². The predicted molar refractivity (Wildman–Crippen MR) is 119 cm³/mol. The molecule has 35 heavy (non-hydrogen) atoms. The van der Waals surface area contributed by atoms with E-state index in [1.165, 1.54) is 32.5 Å². The molecule has 3 aromatic rings. The molecule has 0 N–H and O–H groups in total. The van der Waals surface area contributed by atoms with Crippen molar-refractivity contribution < 1.29 is 27.6 Å². The first-order chi connectivity index (χ1) is 17.0. The van der Waals surface area contributed by atoms with Crippen LogP contribution in [0.1, 0.15) is 16.1 Å². The molecule has 1 aromatic heterocycles. The van der Waals surface area contributed by atoms with Gasteiger partial charge < -0.3 is 14.0 Å². The van der Waals surface area contributed by atoms with E-state index in [2.05, 4.69) is 20.2 Å². The van der Waals surface area contributed by atoms with Crippen LogP contribution in [0.25, 0.3) is 34.0 Å². The van der Waals surface area contributed by atoms with Crippen LogP contribution in [0.3, 0.4) is 0 Å². The van der Waals surface area contributed by atoms with Crippen LogP contribution in [-0.4, -0.2) is 45.1 Å². The Morgan fingerprint density at radius 2 is 1.86 bits per heavy atom. The minimum absolute atomic E-state index is 0.0338. The van der Waals surface area contributed by atoms with Gasteiger partial charge in [0.05, 0.1) is 37.7 Å². The number of carbonyl (C=O) groups is 1. The normalized spacial score (nSPS) is 11.1. The topological polar surface area (TPSA) is 105 Å². The van der Waals surface area contributed by atoms with Crippen LogP contribution >= 0.6 is 0 Å². The lowest BCUT2D eigenvalue weighted by atomic mass is 10.0. The fourth-order valence-corrected chi connectivity index (χ4v) is 3.57.